The van der Waals surface area contributed by atoms with Gasteiger partial charge in [0.2, 0.25) is 5.91 Å². The molecule has 7 heteroatoms. The molecule has 0 aliphatic carbocycles. The van der Waals surface area contributed by atoms with Gasteiger partial charge < -0.3 is 16.0 Å². The molecule has 0 radical (unpaired) electrons. The van der Waals surface area contributed by atoms with Crippen LogP contribution in [0.4, 0.5) is 5.82 Å². The number of carbonyl (C=O) groups excluding carboxylic acids is 1. The number of aryl methyl sites for hydroxylation is 1. The number of aliphatic imine (C=N–C) groups is 1. The Morgan fingerprint density at radius 3 is 2.50 bits per heavy atom. The van der Waals surface area contributed by atoms with Gasteiger partial charge in [0.25, 0.3) is 0 Å². The lowest BCUT2D eigenvalue weighted by molar-refractivity contribution is -0.116. The predicted molar refractivity (Wildman–Crippen MR) is 118 cm³/mol. The van der Waals surface area contributed by atoms with Crippen LogP contribution >= 0.6 is 0 Å². The molecule has 158 valence electrons. The van der Waals surface area contributed by atoms with Crippen LogP contribution in [0.15, 0.2) is 23.2 Å². The van der Waals surface area contributed by atoms with Gasteiger partial charge >= 0.3 is 0 Å². The molecule has 0 aromatic carbocycles. The second kappa shape index (κ2) is 13.1. The highest BCUT2D eigenvalue weighted by Crippen LogP contribution is 2.06. The number of nitrogens with one attached hydrogen (secondary N) is 3. The van der Waals surface area contributed by atoms with Crippen LogP contribution in [-0.2, 0) is 4.79 Å². The Kier molecular flexibility index (Phi) is 11.2. The maximum absolute atomic E-state index is 12.1. The van der Waals surface area contributed by atoms with Crippen LogP contribution in [0, 0.1) is 6.92 Å². The van der Waals surface area contributed by atoms with Crippen molar-refractivity contribution in [3.63, 3.8) is 0 Å². The van der Waals surface area contributed by atoms with E-state index in [0.717, 1.165) is 37.7 Å². The van der Waals surface area contributed by atoms with Crippen LogP contribution in [0.25, 0.3) is 0 Å². The fraction of sp³-hybridized carbons (Fsp3) is 0.667. The topological polar surface area (TPSA) is 81.7 Å². The van der Waals surface area contributed by atoms with Gasteiger partial charge in [-0.05, 0) is 60.1 Å². The molecule has 0 atom stereocenters. The van der Waals surface area contributed by atoms with E-state index in [1.807, 2.05) is 26.0 Å². The van der Waals surface area contributed by atoms with E-state index in [0.29, 0.717) is 30.9 Å². The summed E-state index contributed by atoms with van der Waals surface area (Å²) in [5.41, 5.74) is 0.881. The van der Waals surface area contributed by atoms with Crippen molar-refractivity contribution in [3.05, 3.63) is 23.9 Å². The van der Waals surface area contributed by atoms with Crippen LogP contribution in [0.3, 0.4) is 0 Å². The first kappa shape index (κ1) is 23.9. The van der Waals surface area contributed by atoms with E-state index < -0.39 is 0 Å². The lowest BCUT2D eigenvalue weighted by Gasteiger charge is -2.30. The number of anilines is 1. The smallest absolute Gasteiger partial charge is 0.227 e. The fourth-order valence-corrected chi connectivity index (χ4v) is 3.01. The van der Waals surface area contributed by atoms with Crippen LogP contribution < -0.4 is 16.0 Å². The number of pyridine rings is 1. The van der Waals surface area contributed by atoms with Gasteiger partial charge in [-0.2, -0.15) is 0 Å². The molecule has 1 aromatic rings. The number of aromatic nitrogens is 1. The van der Waals surface area contributed by atoms with Crippen molar-refractivity contribution in [2.45, 2.75) is 66.5 Å². The maximum Gasteiger partial charge on any atom is 0.227 e. The minimum atomic E-state index is -0.0639. The zero-order chi connectivity index (χ0) is 20.9. The molecule has 28 heavy (non-hydrogen) atoms. The predicted octanol–water partition coefficient (Wildman–Crippen LogP) is 2.78. The van der Waals surface area contributed by atoms with Crippen molar-refractivity contribution >= 4 is 17.7 Å². The number of hydrogen-bond donors (Lipinski definition) is 3. The van der Waals surface area contributed by atoms with E-state index in [1.165, 1.54) is 0 Å². The van der Waals surface area contributed by atoms with Gasteiger partial charge in [0.1, 0.15) is 5.82 Å². The van der Waals surface area contributed by atoms with Crippen molar-refractivity contribution in [2.75, 3.05) is 31.5 Å². The van der Waals surface area contributed by atoms with Crippen molar-refractivity contribution in [2.24, 2.45) is 4.99 Å². The average Bonchev–Trinajstić information content (AvgIpc) is 2.60. The van der Waals surface area contributed by atoms with Crippen molar-refractivity contribution in [1.29, 1.82) is 0 Å². The molecular weight excluding hydrogens is 352 g/mol. The molecule has 0 aliphatic heterocycles. The second-order valence-electron chi connectivity index (χ2n) is 7.43. The molecule has 1 aromatic heterocycles. The molecule has 0 bridgehead atoms. The SMILES string of the molecule is CCNC(=NCCCN(C(C)C)C(C)C)NCCC(=O)Nc1cccc(C)n1. The lowest BCUT2D eigenvalue weighted by atomic mass is 10.2. The first-order chi connectivity index (χ1) is 13.3. The first-order valence-corrected chi connectivity index (χ1v) is 10.3. The highest BCUT2D eigenvalue weighted by Gasteiger charge is 2.12. The molecule has 3 N–H and O–H groups in total. The van der Waals surface area contributed by atoms with Crippen LogP contribution in [0.5, 0.6) is 0 Å². The number of amides is 1. The van der Waals surface area contributed by atoms with Gasteiger partial charge in [0, 0.05) is 50.4 Å². The summed E-state index contributed by atoms with van der Waals surface area (Å²) < 4.78 is 0. The largest absolute Gasteiger partial charge is 0.357 e. The molecule has 7 nitrogen and oxygen atoms in total. The van der Waals surface area contributed by atoms with Crippen LogP contribution in [-0.4, -0.2) is 60.0 Å². The Morgan fingerprint density at radius 1 is 1.18 bits per heavy atom. The second-order valence-corrected chi connectivity index (χ2v) is 7.43. The first-order valence-electron chi connectivity index (χ1n) is 10.3. The van der Waals surface area contributed by atoms with Crippen molar-refractivity contribution in [1.82, 2.24) is 20.5 Å². The van der Waals surface area contributed by atoms with Crippen LogP contribution in [0.1, 0.15) is 53.2 Å². The summed E-state index contributed by atoms with van der Waals surface area (Å²) in [5.74, 6) is 1.28. The van der Waals surface area contributed by atoms with E-state index >= 15 is 0 Å². The molecule has 0 saturated heterocycles. The van der Waals surface area contributed by atoms with E-state index in [2.05, 4.69) is 58.5 Å². The third-order valence-electron chi connectivity index (χ3n) is 4.32. The van der Waals surface area contributed by atoms with Gasteiger partial charge in [-0.3, -0.25) is 14.7 Å². The van der Waals surface area contributed by atoms with Gasteiger partial charge in [-0.15, -0.1) is 0 Å². The standard InChI is InChI=1S/C21H38N6O/c1-7-22-21(23-13-9-15-27(16(2)3)17(4)5)24-14-12-20(28)26-19-11-8-10-18(6)25-19/h8,10-11,16-17H,7,9,12-15H2,1-6H3,(H2,22,23,24)(H,25,26,28). The minimum Gasteiger partial charge on any atom is -0.357 e. The molecule has 0 aliphatic rings. The third-order valence-corrected chi connectivity index (χ3v) is 4.32. The Hall–Kier alpha value is -2.15. The number of nitrogens with zero attached hydrogens (tertiary/aromatic N) is 3. The van der Waals surface area contributed by atoms with E-state index in [9.17, 15) is 4.79 Å². The van der Waals surface area contributed by atoms with E-state index in [4.69, 9.17) is 0 Å². The van der Waals surface area contributed by atoms with E-state index in [1.54, 1.807) is 6.07 Å². The molecule has 0 unspecified atom stereocenters. The van der Waals surface area contributed by atoms with Gasteiger partial charge in [0.15, 0.2) is 5.96 Å². The maximum atomic E-state index is 12.1. The van der Waals surface area contributed by atoms with Crippen LogP contribution in [0.2, 0.25) is 0 Å². The Balaban J connectivity index is 2.38. The molecule has 1 amide bonds. The number of carbonyl (C=O) groups is 1. The number of guanidine groups is 1. The highest BCUT2D eigenvalue weighted by atomic mass is 16.1. The van der Waals surface area contributed by atoms with Gasteiger partial charge in [-0.25, -0.2) is 4.98 Å². The zero-order valence-electron chi connectivity index (χ0n) is 18.4. The lowest BCUT2D eigenvalue weighted by Crippen LogP contribution is -2.39. The molecule has 0 spiro atoms. The number of rotatable bonds is 11. The molecule has 0 fully saturated rings. The van der Waals surface area contributed by atoms with Gasteiger partial charge in [-0.1, -0.05) is 6.07 Å². The summed E-state index contributed by atoms with van der Waals surface area (Å²) in [4.78, 5) is 23.4. The Morgan fingerprint density at radius 2 is 1.89 bits per heavy atom. The van der Waals surface area contributed by atoms with E-state index in [-0.39, 0.29) is 5.91 Å². The monoisotopic (exact) mass is 390 g/mol. The Labute approximate surface area is 170 Å². The average molecular weight is 391 g/mol. The normalized spacial score (nSPS) is 12.0. The van der Waals surface area contributed by atoms with Gasteiger partial charge in [0.05, 0.1) is 0 Å². The minimum absolute atomic E-state index is 0.0639. The zero-order valence-corrected chi connectivity index (χ0v) is 18.4. The summed E-state index contributed by atoms with van der Waals surface area (Å²) in [6, 6.07) is 6.65. The summed E-state index contributed by atoms with van der Waals surface area (Å²) >= 11 is 0. The molecule has 1 heterocycles. The number of hydrogen-bond acceptors (Lipinski definition) is 4. The summed E-state index contributed by atoms with van der Waals surface area (Å²) in [7, 11) is 0. The fourth-order valence-electron chi connectivity index (χ4n) is 3.01. The Bertz CT molecular complexity index is 607. The summed E-state index contributed by atoms with van der Waals surface area (Å²) in [6.07, 6.45) is 1.36. The molecule has 1 rings (SSSR count). The third kappa shape index (κ3) is 9.69. The highest BCUT2D eigenvalue weighted by molar-refractivity contribution is 5.90. The van der Waals surface area contributed by atoms with Crippen molar-refractivity contribution < 1.29 is 4.79 Å². The van der Waals surface area contributed by atoms with Crippen molar-refractivity contribution in [3.8, 4) is 0 Å². The molecule has 0 saturated carbocycles. The molecular formula is C21H38N6O. The quantitative estimate of drug-likeness (QED) is 0.307. The summed E-state index contributed by atoms with van der Waals surface area (Å²) in [6.45, 7) is 15.9. The summed E-state index contributed by atoms with van der Waals surface area (Å²) in [5, 5.41) is 9.27.